The highest BCUT2D eigenvalue weighted by Crippen LogP contribution is 2.34. The fourth-order valence-corrected chi connectivity index (χ4v) is 3.36. The minimum absolute atomic E-state index is 0.211. The van der Waals surface area contributed by atoms with Gasteiger partial charge < -0.3 is 9.88 Å². The van der Waals surface area contributed by atoms with E-state index in [4.69, 9.17) is 5.53 Å². The zero-order valence-electron chi connectivity index (χ0n) is 13.4. The summed E-state index contributed by atoms with van der Waals surface area (Å²) in [6.45, 7) is 4.66. The molecule has 0 saturated heterocycles. The van der Waals surface area contributed by atoms with E-state index in [1.165, 1.54) is 10.9 Å². The smallest absolute Gasteiger partial charge is 0.258 e. The first-order valence-electron chi connectivity index (χ1n) is 7.95. The number of nitrogens with zero attached hydrogens (tertiary/aromatic N) is 4. The van der Waals surface area contributed by atoms with E-state index >= 15 is 0 Å². The van der Waals surface area contributed by atoms with Crippen LogP contribution in [0, 0.1) is 0 Å². The lowest BCUT2D eigenvalue weighted by atomic mass is 10.0. The third-order valence-corrected chi connectivity index (χ3v) is 4.55. The number of aromatic amines is 1. The van der Waals surface area contributed by atoms with Crippen LogP contribution in [0.25, 0.3) is 27.0 Å². The van der Waals surface area contributed by atoms with Crippen molar-refractivity contribution in [3.8, 4) is 0 Å². The van der Waals surface area contributed by atoms with Crippen LogP contribution in [0.3, 0.4) is 0 Å². The van der Waals surface area contributed by atoms with Crippen LogP contribution >= 0.6 is 0 Å². The summed E-state index contributed by atoms with van der Waals surface area (Å²) in [4.78, 5) is 20.8. The van der Waals surface area contributed by atoms with Gasteiger partial charge in [-0.05, 0) is 29.6 Å². The number of carbonyl (C=O) groups excluding carboxylic acids is 1. The average Bonchev–Trinajstić information content (AvgIpc) is 3.02. The number of para-hydroxylation sites is 1. The second kappa shape index (κ2) is 5.85. The molecule has 1 amide bonds. The molecule has 25 heavy (non-hydrogen) atoms. The highest BCUT2D eigenvalue weighted by atomic mass is 16.2. The monoisotopic (exact) mass is 329 g/mol. The molecule has 0 saturated carbocycles. The molecular weight excluding hydrogens is 314 g/mol. The minimum Gasteiger partial charge on any atom is -0.353 e. The molecule has 2 heterocycles. The normalized spacial score (nSPS) is 13.4. The van der Waals surface area contributed by atoms with Crippen molar-refractivity contribution in [3.63, 3.8) is 0 Å². The molecule has 2 aromatic carbocycles. The molecule has 0 aliphatic carbocycles. The van der Waals surface area contributed by atoms with Crippen molar-refractivity contribution in [2.45, 2.75) is 6.42 Å². The predicted molar refractivity (Wildman–Crippen MR) is 97.3 cm³/mol. The molecule has 0 atom stereocenters. The number of azide groups is 1. The van der Waals surface area contributed by atoms with Gasteiger partial charge >= 0.3 is 0 Å². The first-order chi connectivity index (χ1) is 12.2. The van der Waals surface area contributed by atoms with Crippen molar-refractivity contribution in [1.29, 1.82) is 0 Å². The summed E-state index contributed by atoms with van der Waals surface area (Å²) in [5.41, 5.74) is 13.2. The highest BCUT2D eigenvalue weighted by molar-refractivity contribution is 6.04. The lowest BCUT2D eigenvalue weighted by molar-refractivity contribution is 0.0834. The molecule has 0 spiro atoms. The Balaban J connectivity index is 1.75. The molecular formula is C19H15N5O. The second-order valence-electron chi connectivity index (χ2n) is 5.88. The standard InChI is InChI=1S/C19H15N5O/c1-12-18-14(13-6-2-4-8-16(13)21-18)10-11-24(12)19(25)15-7-3-5-9-17(15)22-23-20/h2-9,21H,1,10-11H2. The minimum atomic E-state index is -0.211. The Morgan fingerprint density at radius 1 is 1.20 bits per heavy atom. The summed E-state index contributed by atoms with van der Waals surface area (Å²) in [5, 5.41) is 4.79. The lowest BCUT2D eigenvalue weighted by Crippen LogP contribution is -2.34. The van der Waals surface area contributed by atoms with E-state index in [9.17, 15) is 4.79 Å². The molecule has 3 aromatic rings. The van der Waals surface area contributed by atoms with Gasteiger partial charge in [-0.2, -0.15) is 0 Å². The average molecular weight is 329 g/mol. The van der Waals surface area contributed by atoms with E-state index in [2.05, 4.69) is 27.7 Å². The lowest BCUT2D eigenvalue weighted by Gasteiger charge is -2.29. The van der Waals surface area contributed by atoms with Gasteiger partial charge in [-0.1, -0.05) is 48.1 Å². The van der Waals surface area contributed by atoms with Gasteiger partial charge in [0.05, 0.1) is 17.1 Å². The van der Waals surface area contributed by atoms with E-state index in [1.807, 2.05) is 18.2 Å². The quantitative estimate of drug-likeness (QED) is 0.409. The maximum absolute atomic E-state index is 13.0. The summed E-state index contributed by atoms with van der Waals surface area (Å²) in [6.07, 6.45) is 0.744. The number of rotatable bonds is 2. The Bertz CT molecular complexity index is 1060. The van der Waals surface area contributed by atoms with Crippen molar-refractivity contribution >= 4 is 28.2 Å². The van der Waals surface area contributed by atoms with Crippen molar-refractivity contribution in [3.05, 3.63) is 82.4 Å². The Morgan fingerprint density at radius 2 is 1.96 bits per heavy atom. The first kappa shape index (κ1) is 15.1. The molecule has 0 unspecified atom stereocenters. The summed E-state index contributed by atoms with van der Waals surface area (Å²) in [5.74, 6) is -0.211. The van der Waals surface area contributed by atoms with Crippen molar-refractivity contribution < 1.29 is 4.79 Å². The van der Waals surface area contributed by atoms with Gasteiger partial charge in [0.2, 0.25) is 0 Å². The molecule has 122 valence electrons. The predicted octanol–water partition coefficient (Wildman–Crippen LogP) is 4.78. The second-order valence-corrected chi connectivity index (χ2v) is 5.88. The number of hydrogen-bond acceptors (Lipinski definition) is 2. The van der Waals surface area contributed by atoms with E-state index in [1.54, 1.807) is 29.2 Å². The van der Waals surface area contributed by atoms with Crippen LogP contribution in [-0.4, -0.2) is 22.3 Å². The van der Waals surface area contributed by atoms with Crippen LogP contribution in [0.2, 0.25) is 0 Å². The van der Waals surface area contributed by atoms with Gasteiger partial charge in [-0.3, -0.25) is 4.79 Å². The molecule has 1 aliphatic heterocycles. The van der Waals surface area contributed by atoms with Gasteiger partial charge in [-0.25, -0.2) is 0 Å². The number of nitrogens with one attached hydrogen (secondary N) is 1. The van der Waals surface area contributed by atoms with Crippen LogP contribution < -0.4 is 0 Å². The Morgan fingerprint density at radius 3 is 2.80 bits per heavy atom. The molecule has 6 heteroatoms. The Labute approximate surface area is 144 Å². The van der Waals surface area contributed by atoms with Gasteiger partial charge in [0.15, 0.2) is 0 Å². The summed E-state index contributed by atoms with van der Waals surface area (Å²) in [7, 11) is 0. The SMILES string of the molecule is C=C1c2[nH]c3ccccc3c2CCN1C(=O)c1ccccc1N=[N+]=[N-]. The number of hydrogen-bond donors (Lipinski definition) is 1. The van der Waals surface area contributed by atoms with Crippen LogP contribution in [0.15, 0.2) is 60.2 Å². The first-order valence-corrected chi connectivity index (χ1v) is 7.95. The highest BCUT2D eigenvalue weighted by Gasteiger charge is 2.28. The zero-order valence-corrected chi connectivity index (χ0v) is 13.4. The van der Waals surface area contributed by atoms with Crippen molar-refractivity contribution in [2.75, 3.05) is 6.54 Å². The maximum atomic E-state index is 13.0. The van der Waals surface area contributed by atoms with E-state index in [0.29, 0.717) is 23.5 Å². The maximum Gasteiger partial charge on any atom is 0.258 e. The number of aromatic nitrogens is 1. The van der Waals surface area contributed by atoms with Crippen molar-refractivity contribution in [2.24, 2.45) is 5.11 Å². The van der Waals surface area contributed by atoms with Gasteiger partial charge in [-0.15, -0.1) is 0 Å². The summed E-state index contributed by atoms with van der Waals surface area (Å²) < 4.78 is 0. The number of H-pyrrole nitrogens is 1. The molecule has 0 fully saturated rings. The number of benzene rings is 2. The largest absolute Gasteiger partial charge is 0.353 e. The number of fused-ring (bicyclic) bond motifs is 3. The van der Waals surface area contributed by atoms with E-state index in [0.717, 1.165) is 17.6 Å². The zero-order chi connectivity index (χ0) is 17.4. The fourth-order valence-electron chi connectivity index (χ4n) is 3.36. The molecule has 6 nitrogen and oxygen atoms in total. The molecule has 1 N–H and O–H groups in total. The number of carbonyl (C=O) groups is 1. The Hall–Kier alpha value is -3.50. The molecule has 1 aliphatic rings. The third-order valence-electron chi connectivity index (χ3n) is 4.55. The van der Waals surface area contributed by atoms with Gasteiger partial charge in [0.25, 0.3) is 5.91 Å². The topological polar surface area (TPSA) is 84.9 Å². The fraction of sp³-hybridized carbons (Fsp3) is 0.105. The van der Waals surface area contributed by atoms with E-state index in [-0.39, 0.29) is 5.91 Å². The summed E-state index contributed by atoms with van der Waals surface area (Å²) >= 11 is 0. The van der Waals surface area contributed by atoms with Crippen LogP contribution in [0.4, 0.5) is 5.69 Å². The van der Waals surface area contributed by atoms with Crippen LogP contribution in [-0.2, 0) is 6.42 Å². The molecule has 1 aromatic heterocycles. The Kier molecular flexibility index (Phi) is 3.52. The van der Waals surface area contributed by atoms with Crippen LogP contribution in [0.5, 0.6) is 0 Å². The van der Waals surface area contributed by atoms with Crippen LogP contribution in [0.1, 0.15) is 21.6 Å². The van der Waals surface area contributed by atoms with E-state index < -0.39 is 0 Å². The molecule has 0 radical (unpaired) electrons. The number of amides is 1. The van der Waals surface area contributed by atoms with Gasteiger partial charge in [0.1, 0.15) is 0 Å². The summed E-state index contributed by atoms with van der Waals surface area (Å²) in [6, 6.07) is 14.9. The third kappa shape index (κ3) is 2.36. The molecule has 4 rings (SSSR count). The van der Waals surface area contributed by atoms with Crippen molar-refractivity contribution in [1.82, 2.24) is 9.88 Å². The molecule has 0 bridgehead atoms. The van der Waals surface area contributed by atoms with Gasteiger partial charge in [0, 0.05) is 27.9 Å².